The van der Waals surface area contributed by atoms with Gasteiger partial charge >= 0.3 is 0 Å². The van der Waals surface area contributed by atoms with E-state index in [0.29, 0.717) is 19.4 Å². The number of fused-ring (bicyclic) bond motifs is 1. The van der Waals surface area contributed by atoms with Gasteiger partial charge in [0.25, 0.3) is 0 Å². The summed E-state index contributed by atoms with van der Waals surface area (Å²) in [5, 5.41) is 0. The van der Waals surface area contributed by atoms with E-state index >= 15 is 0 Å². The van der Waals surface area contributed by atoms with Crippen LogP contribution in [-0.4, -0.2) is 49.6 Å². The van der Waals surface area contributed by atoms with Crippen LogP contribution in [0.3, 0.4) is 0 Å². The van der Waals surface area contributed by atoms with Crippen LogP contribution in [0.15, 0.2) is 18.2 Å². The summed E-state index contributed by atoms with van der Waals surface area (Å²) in [7, 11) is 2.17. The van der Waals surface area contributed by atoms with Crippen molar-refractivity contribution in [3.8, 4) is 11.5 Å². The molecular formula is C17H23NO4. The molecule has 5 nitrogen and oxygen atoms in total. The van der Waals surface area contributed by atoms with Crippen LogP contribution in [0.25, 0.3) is 0 Å². The number of benzene rings is 1. The smallest absolute Gasteiger partial charge is 0.231 e. The molecule has 3 aliphatic rings. The number of epoxide rings is 1. The molecule has 1 unspecified atom stereocenters. The zero-order chi connectivity index (χ0) is 15.2. The highest BCUT2D eigenvalue weighted by Gasteiger charge is 2.54. The molecule has 5 heteroatoms. The minimum atomic E-state index is 0.0889. The van der Waals surface area contributed by atoms with Crippen molar-refractivity contribution in [2.24, 2.45) is 0 Å². The number of nitrogens with zero attached hydrogens (tertiary/aromatic N) is 1. The number of rotatable bonds is 5. The van der Waals surface area contributed by atoms with Gasteiger partial charge in [0, 0.05) is 12.6 Å². The Bertz CT molecular complexity index is 558. The molecule has 1 aromatic rings. The molecule has 0 radical (unpaired) electrons. The summed E-state index contributed by atoms with van der Waals surface area (Å²) in [6, 6.07) is 6.49. The zero-order valence-electron chi connectivity index (χ0n) is 13.2. The van der Waals surface area contributed by atoms with Crippen molar-refractivity contribution in [1.29, 1.82) is 0 Å². The van der Waals surface area contributed by atoms with E-state index in [1.165, 1.54) is 0 Å². The lowest BCUT2D eigenvalue weighted by molar-refractivity contribution is 0.0475. The number of hydrogen-bond acceptors (Lipinski definition) is 5. The second kappa shape index (κ2) is 5.41. The number of ether oxygens (including phenoxy) is 4. The second-order valence-corrected chi connectivity index (χ2v) is 6.52. The van der Waals surface area contributed by atoms with Gasteiger partial charge in [-0.15, -0.1) is 0 Å². The largest absolute Gasteiger partial charge is 0.454 e. The van der Waals surface area contributed by atoms with Crippen LogP contribution in [-0.2, 0) is 16.1 Å². The lowest BCUT2D eigenvalue weighted by Gasteiger charge is -2.24. The van der Waals surface area contributed by atoms with Crippen molar-refractivity contribution >= 4 is 0 Å². The molecule has 3 heterocycles. The third-order valence-corrected chi connectivity index (χ3v) is 5.15. The van der Waals surface area contributed by atoms with Crippen molar-refractivity contribution in [3.05, 3.63) is 23.8 Å². The number of likely N-dealkylation sites (N-methyl/N-ethyl adjacent to an activating group) is 1. The lowest BCUT2D eigenvalue weighted by atomic mass is 9.95. The van der Waals surface area contributed by atoms with Gasteiger partial charge in [0.1, 0.15) is 5.60 Å². The fourth-order valence-corrected chi connectivity index (χ4v) is 3.66. The summed E-state index contributed by atoms with van der Waals surface area (Å²) in [5.74, 6) is 1.64. The van der Waals surface area contributed by atoms with Crippen LogP contribution in [0.2, 0.25) is 0 Å². The first-order chi connectivity index (χ1) is 10.7. The summed E-state index contributed by atoms with van der Waals surface area (Å²) in [5.41, 5.74) is 1.22. The quantitative estimate of drug-likeness (QED) is 0.780. The molecule has 4 rings (SSSR count). The van der Waals surface area contributed by atoms with E-state index < -0.39 is 0 Å². The SMILES string of the molecule is CCC1([C@H]2C[C@@H](OCc3ccc4c(c3)OCO4)CN2C)CO1. The van der Waals surface area contributed by atoms with Crippen molar-refractivity contribution < 1.29 is 18.9 Å². The van der Waals surface area contributed by atoms with Crippen molar-refractivity contribution in [1.82, 2.24) is 4.90 Å². The van der Waals surface area contributed by atoms with Crippen molar-refractivity contribution in [3.63, 3.8) is 0 Å². The Kier molecular flexibility index (Phi) is 3.51. The number of likely N-dealkylation sites (tertiary alicyclic amines) is 1. The predicted octanol–water partition coefficient (Wildman–Crippen LogP) is 2.18. The first-order valence-electron chi connectivity index (χ1n) is 8.04. The van der Waals surface area contributed by atoms with Gasteiger partial charge in [0.05, 0.1) is 19.3 Å². The van der Waals surface area contributed by atoms with Gasteiger partial charge in [-0.3, -0.25) is 4.90 Å². The molecule has 120 valence electrons. The average Bonchev–Trinajstić information content (AvgIpc) is 3.01. The van der Waals surface area contributed by atoms with Gasteiger partial charge in [0.15, 0.2) is 11.5 Å². The average molecular weight is 305 g/mol. The minimum Gasteiger partial charge on any atom is -0.454 e. The summed E-state index contributed by atoms with van der Waals surface area (Å²) < 4.78 is 22.6. The highest BCUT2D eigenvalue weighted by molar-refractivity contribution is 5.44. The zero-order valence-corrected chi connectivity index (χ0v) is 13.2. The molecule has 0 aliphatic carbocycles. The Morgan fingerprint density at radius 2 is 2.14 bits per heavy atom. The molecule has 3 aliphatic heterocycles. The standard InChI is InChI=1S/C17H23NO4/c1-3-17(10-22-17)16-7-13(8-18(16)2)19-9-12-4-5-14-15(6-12)21-11-20-14/h4-6,13,16H,3,7-11H2,1-2H3/t13-,16-,17?/m1/s1. The van der Waals surface area contributed by atoms with Gasteiger partial charge in [-0.2, -0.15) is 0 Å². The van der Waals surface area contributed by atoms with E-state index in [-0.39, 0.29) is 11.7 Å². The maximum absolute atomic E-state index is 6.12. The third-order valence-electron chi connectivity index (χ3n) is 5.15. The molecule has 1 aromatic carbocycles. The second-order valence-electron chi connectivity index (χ2n) is 6.52. The van der Waals surface area contributed by atoms with E-state index in [0.717, 1.165) is 43.1 Å². The first kappa shape index (κ1) is 14.3. The predicted molar refractivity (Wildman–Crippen MR) is 81.2 cm³/mol. The Balaban J connectivity index is 1.35. The highest BCUT2D eigenvalue weighted by atomic mass is 16.7. The van der Waals surface area contributed by atoms with E-state index in [1.807, 2.05) is 18.2 Å². The van der Waals surface area contributed by atoms with E-state index in [4.69, 9.17) is 18.9 Å². The maximum atomic E-state index is 6.12. The molecule has 2 fully saturated rings. The Morgan fingerprint density at radius 3 is 2.91 bits per heavy atom. The van der Waals surface area contributed by atoms with Gasteiger partial charge in [0.2, 0.25) is 6.79 Å². The number of hydrogen-bond donors (Lipinski definition) is 0. The van der Waals surface area contributed by atoms with Gasteiger partial charge in [-0.1, -0.05) is 13.0 Å². The Hall–Kier alpha value is -1.30. The summed E-state index contributed by atoms with van der Waals surface area (Å²) in [4.78, 5) is 2.39. The molecule has 22 heavy (non-hydrogen) atoms. The Labute approximate surface area is 131 Å². The van der Waals surface area contributed by atoms with E-state index in [2.05, 4.69) is 18.9 Å². The van der Waals surface area contributed by atoms with Crippen LogP contribution in [0.5, 0.6) is 11.5 Å². The third kappa shape index (κ3) is 2.47. The molecular weight excluding hydrogens is 282 g/mol. The van der Waals surface area contributed by atoms with Crippen LogP contribution in [0, 0.1) is 0 Å². The fraction of sp³-hybridized carbons (Fsp3) is 0.647. The van der Waals surface area contributed by atoms with E-state index in [1.54, 1.807) is 0 Å². The maximum Gasteiger partial charge on any atom is 0.231 e. The molecule has 3 atom stereocenters. The monoisotopic (exact) mass is 305 g/mol. The topological polar surface area (TPSA) is 43.5 Å². The van der Waals surface area contributed by atoms with Crippen LogP contribution in [0.4, 0.5) is 0 Å². The lowest BCUT2D eigenvalue weighted by Crippen LogP contribution is -2.38. The summed E-state index contributed by atoms with van der Waals surface area (Å²) in [6.07, 6.45) is 2.40. The molecule has 0 bridgehead atoms. The van der Waals surface area contributed by atoms with Crippen LogP contribution < -0.4 is 9.47 Å². The van der Waals surface area contributed by atoms with Crippen molar-refractivity contribution in [2.75, 3.05) is 27.0 Å². The molecule has 2 saturated heterocycles. The van der Waals surface area contributed by atoms with Gasteiger partial charge in [-0.05, 0) is 37.6 Å². The van der Waals surface area contributed by atoms with E-state index in [9.17, 15) is 0 Å². The summed E-state index contributed by atoms with van der Waals surface area (Å²) in [6.45, 7) is 5.01. The Morgan fingerprint density at radius 1 is 1.32 bits per heavy atom. The van der Waals surface area contributed by atoms with Gasteiger partial charge < -0.3 is 18.9 Å². The first-order valence-corrected chi connectivity index (χ1v) is 8.04. The minimum absolute atomic E-state index is 0.0889. The normalized spacial score (nSPS) is 33.4. The molecule has 0 saturated carbocycles. The van der Waals surface area contributed by atoms with Gasteiger partial charge in [-0.25, -0.2) is 0 Å². The van der Waals surface area contributed by atoms with Crippen molar-refractivity contribution in [2.45, 2.75) is 44.1 Å². The molecule has 0 aromatic heterocycles. The molecule has 0 N–H and O–H groups in total. The molecule has 0 spiro atoms. The van der Waals surface area contributed by atoms with Crippen LogP contribution in [0.1, 0.15) is 25.3 Å². The highest BCUT2D eigenvalue weighted by Crippen LogP contribution is 2.42. The molecule has 0 amide bonds. The summed E-state index contributed by atoms with van der Waals surface area (Å²) >= 11 is 0. The van der Waals surface area contributed by atoms with Crippen LogP contribution >= 0.6 is 0 Å². The fourth-order valence-electron chi connectivity index (χ4n) is 3.66.